The molecule has 1 aliphatic rings. The number of aromatic nitrogens is 2. The second kappa shape index (κ2) is 5.50. The summed E-state index contributed by atoms with van der Waals surface area (Å²) in [5.41, 5.74) is 4.83. The fourth-order valence-corrected chi connectivity index (χ4v) is 3.17. The van der Waals surface area contributed by atoms with Crippen molar-refractivity contribution in [2.75, 3.05) is 14.2 Å². The van der Waals surface area contributed by atoms with Crippen molar-refractivity contribution >= 4 is 0 Å². The molecule has 1 aromatic carbocycles. The third-order valence-electron chi connectivity index (χ3n) is 4.33. The Labute approximate surface area is 134 Å². The van der Waals surface area contributed by atoms with Crippen LogP contribution in [0.1, 0.15) is 16.7 Å². The molecule has 0 saturated heterocycles. The van der Waals surface area contributed by atoms with Gasteiger partial charge < -0.3 is 18.6 Å². The Morgan fingerprint density at radius 3 is 2.74 bits per heavy atom. The van der Waals surface area contributed by atoms with Gasteiger partial charge in [-0.05, 0) is 36.1 Å². The molecule has 4 rings (SSSR count). The summed E-state index contributed by atoms with van der Waals surface area (Å²) in [6, 6.07) is 6.00. The van der Waals surface area contributed by atoms with Crippen LogP contribution < -0.4 is 9.47 Å². The Morgan fingerprint density at radius 1 is 1.09 bits per heavy atom. The maximum Gasteiger partial charge on any atom is 0.171 e. The van der Waals surface area contributed by atoms with Crippen LogP contribution in [0.2, 0.25) is 0 Å². The van der Waals surface area contributed by atoms with Crippen LogP contribution in [0.3, 0.4) is 0 Å². The van der Waals surface area contributed by atoms with Crippen molar-refractivity contribution in [2.45, 2.75) is 19.4 Å². The van der Waals surface area contributed by atoms with Crippen LogP contribution >= 0.6 is 0 Å². The van der Waals surface area contributed by atoms with Gasteiger partial charge in [0, 0.05) is 30.1 Å². The lowest BCUT2D eigenvalue weighted by Gasteiger charge is -2.10. The SMILES string of the molecule is COc1ccc(Cn2cc3c(c2)-c2oncc2CC3)cc1OC. The summed E-state index contributed by atoms with van der Waals surface area (Å²) in [6.45, 7) is 0.775. The quantitative estimate of drug-likeness (QED) is 0.742. The standard InChI is InChI=1S/C18H18N2O3/c1-21-16-6-3-12(7-17(16)22-2)9-20-10-14-5-4-13-8-19-23-18(13)15(14)11-20/h3,6-8,10-11H,4-5,9H2,1-2H3. The van der Waals surface area contributed by atoms with Gasteiger partial charge in [-0.1, -0.05) is 11.2 Å². The Hall–Kier alpha value is -2.69. The number of rotatable bonds is 4. The molecule has 118 valence electrons. The normalized spacial score (nSPS) is 12.6. The van der Waals surface area contributed by atoms with Crippen molar-refractivity contribution < 1.29 is 14.0 Å². The molecule has 0 unspecified atom stereocenters. The number of nitrogens with zero attached hydrogens (tertiary/aromatic N) is 2. The number of fused-ring (bicyclic) bond motifs is 3. The Kier molecular flexibility index (Phi) is 3.33. The van der Waals surface area contributed by atoms with Gasteiger partial charge in [0.15, 0.2) is 17.3 Å². The van der Waals surface area contributed by atoms with Crippen molar-refractivity contribution in [3.63, 3.8) is 0 Å². The molecule has 5 nitrogen and oxygen atoms in total. The van der Waals surface area contributed by atoms with E-state index in [1.807, 2.05) is 18.3 Å². The molecule has 0 atom stereocenters. The molecule has 0 spiro atoms. The average molecular weight is 310 g/mol. The summed E-state index contributed by atoms with van der Waals surface area (Å²) in [4.78, 5) is 0. The van der Waals surface area contributed by atoms with Crippen molar-refractivity contribution in [1.82, 2.24) is 9.72 Å². The minimum absolute atomic E-state index is 0.745. The van der Waals surface area contributed by atoms with Gasteiger partial charge in [-0.25, -0.2) is 0 Å². The van der Waals surface area contributed by atoms with E-state index in [1.54, 1.807) is 14.2 Å². The number of hydrogen-bond acceptors (Lipinski definition) is 4. The Morgan fingerprint density at radius 2 is 1.91 bits per heavy atom. The third kappa shape index (κ3) is 2.38. The van der Waals surface area contributed by atoms with E-state index in [2.05, 4.69) is 28.2 Å². The largest absolute Gasteiger partial charge is 0.493 e. The summed E-state index contributed by atoms with van der Waals surface area (Å²) in [6.07, 6.45) is 8.17. The molecule has 0 aliphatic heterocycles. The predicted molar refractivity (Wildman–Crippen MR) is 86.0 cm³/mol. The average Bonchev–Trinajstić information content (AvgIpc) is 3.19. The highest BCUT2D eigenvalue weighted by Crippen LogP contribution is 2.34. The lowest BCUT2D eigenvalue weighted by molar-refractivity contribution is 0.354. The van der Waals surface area contributed by atoms with Crippen molar-refractivity contribution in [3.8, 4) is 22.8 Å². The molecule has 0 radical (unpaired) electrons. The number of aryl methyl sites for hydroxylation is 2. The van der Waals surface area contributed by atoms with Gasteiger partial charge in [0.2, 0.25) is 0 Å². The van der Waals surface area contributed by atoms with Crippen LogP contribution in [-0.2, 0) is 19.4 Å². The van der Waals surface area contributed by atoms with Crippen LogP contribution in [-0.4, -0.2) is 23.9 Å². The number of benzene rings is 1. The molecule has 0 N–H and O–H groups in total. The van der Waals surface area contributed by atoms with E-state index < -0.39 is 0 Å². The molecular weight excluding hydrogens is 292 g/mol. The van der Waals surface area contributed by atoms with Gasteiger partial charge in [-0.2, -0.15) is 0 Å². The smallest absolute Gasteiger partial charge is 0.171 e. The molecule has 5 heteroatoms. The lowest BCUT2D eigenvalue weighted by Crippen LogP contribution is -1.98. The van der Waals surface area contributed by atoms with Crippen molar-refractivity contribution in [1.29, 1.82) is 0 Å². The molecular formula is C18H18N2O3. The van der Waals surface area contributed by atoms with Crippen LogP contribution in [0.25, 0.3) is 11.3 Å². The molecule has 2 heterocycles. The summed E-state index contributed by atoms with van der Waals surface area (Å²) < 4.78 is 18.3. The van der Waals surface area contributed by atoms with Crippen molar-refractivity contribution in [2.24, 2.45) is 0 Å². The minimum Gasteiger partial charge on any atom is -0.493 e. The van der Waals surface area contributed by atoms with Crippen LogP contribution in [0.4, 0.5) is 0 Å². The molecule has 3 aromatic rings. The van der Waals surface area contributed by atoms with Crippen LogP contribution in [0, 0.1) is 0 Å². The topological polar surface area (TPSA) is 49.4 Å². The van der Waals surface area contributed by atoms with Gasteiger partial charge in [-0.3, -0.25) is 0 Å². The molecule has 2 aromatic heterocycles. The van der Waals surface area contributed by atoms with Gasteiger partial charge in [-0.15, -0.1) is 0 Å². The lowest BCUT2D eigenvalue weighted by atomic mass is 9.95. The van der Waals surface area contributed by atoms with Crippen LogP contribution in [0.15, 0.2) is 41.3 Å². The first kappa shape index (κ1) is 13.9. The summed E-state index contributed by atoms with van der Waals surface area (Å²) in [7, 11) is 3.30. The van der Waals surface area contributed by atoms with E-state index in [-0.39, 0.29) is 0 Å². The Bertz CT molecular complexity index is 848. The Balaban J connectivity index is 1.64. The first-order valence-corrected chi connectivity index (χ1v) is 7.62. The zero-order valence-electron chi connectivity index (χ0n) is 13.2. The highest BCUT2D eigenvalue weighted by Gasteiger charge is 2.22. The molecule has 0 fully saturated rings. The van der Waals surface area contributed by atoms with Gasteiger partial charge in [0.1, 0.15) is 0 Å². The third-order valence-corrected chi connectivity index (χ3v) is 4.33. The summed E-state index contributed by atoms with van der Waals surface area (Å²) >= 11 is 0. The second-order valence-corrected chi connectivity index (χ2v) is 5.74. The number of hydrogen-bond donors (Lipinski definition) is 0. The molecule has 0 amide bonds. The molecule has 23 heavy (non-hydrogen) atoms. The van der Waals surface area contributed by atoms with E-state index in [4.69, 9.17) is 14.0 Å². The van der Waals surface area contributed by atoms with E-state index in [1.165, 1.54) is 11.1 Å². The van der Waals surface area contributed by atoms with E-state index in [9.17, 15) is 0 Å². The fourth-order valence-electron chi connectivity index (χ4n) is 3.17. The first-order chi connectivity index (χ1) is 11.3. The minimum atomic E-state index is 0.745. The monoisotopic (exact) mass is 310 g/mol. The summed E-state index contributed by atoms with van der Waals surface area (Å²) in [5, 5.41) is 3.92. The molecule has 0 bridgehead atoms. The highest BCUT2D eigenvalue weighted by molar-refractivity contribution is 5.67. The number of methoxy groups -OCH3 is 2. The van der Waals surface area contributed by atoms with Crippen LogP contribution in [0.5, 0.6) is 11.5 Å². The molecule has 0 saturated carbocycles. The van der Waals surface area contributed by atoms with Gasteiger partial charge in [0.25, 0.3) is 0 Å². The van der Waals surface area contributed by atoms with Gasteiger partial charge >= 0.3 is 0 Å². The first-order valence-electron chi connectivity index (χ1n) is 7.62. The summed E-state index contributed by atoms with van der Waals surface area (Å²) in [5.74, 6) is 2.41. The van der Waals surface area contributed by atoms with E-state index in [0.717, 1.165) is 47.8 Å². The predicted octanol–water partition coefficient (Wildman–Crippen LogP) is 3.31. The van der Waals surface area contributed by atoms with Crippen molar-refractivity contribution in [3.05, 3.63) is 53.5 Å². The second-order valence-electron chi connectivity index (χ2n) is 5.74. The number of ether oxygens (including phenoxy) is 2. The maximum absolute atomic E-state index is 5.41. The zero-order valence-corrected chi connectivity index (χ0v) is 13.2. The highest BCUT2D eigenvalue weighted by atomic mass is 16.5. The maximum atomic E-state index is 5.41. The zero-order chi connectivity index (χ0) is 15.8. The van der Waals surface area contributed by atoms with E-state index in [0.29, 0.717) is 0 Å². The van der Waals surface area contributed by atoms with Gasteiger partial charge in [0.05, 0.1) is 20.4 Å². The fraction of sp³-hybridized carbons (Fsp3) is 0.278. The molecule has 1 aliphatic carbocycles. The van der Waals surface area contributed by atoms with E-state index >= 15 is 0 Å².